The predicted octanol–water partition coefficient (Wildman–Crippen LogP) is 7.23. The van der Waals surface area contributed by atoms with Crippen LogP contribution in [0.25, 0.3) is 5.76 Å². The zero-order valence-corrected chi connectivity index (χ0v) is 24.5. The number of carbonyl (C=O) groups is 2. The van der Waals surface area contributed by atoms with Crippen molar-refractivity contribution in [3.05, 3.63) is 104 Å². The Labute approximate surface area is 252 Å². The number of thioether (sulfide) groups is 1. The van der Waals surface area contributed by atoms with E-state index in [4.69, 9.17) is 27.9 Å². The highest BCUT2D eigenvalue weighted by Crippen LogP contribution is 2.46. The monoisotopic (exact) mass is 627 g/mol. The van der Waals surface area contributed by atoms with E-state index in [9.17, 15) is 19.1 Å². The molecule has 0 spiro atoms. The summed E-state index contributed by atoms with van der Waals surface area (Å²) in [5.74, 6) is -1.19. The number of aliphatic hydroxyl groups is 1. The zero-order valence-electron chi connectivity index (χ0n) is 21.3. The first-order valence-electron chi connectivity index (χ1n) is 12.5. The fourth-order valence-corrected chi connectivity index (χ4v) is 7.19. The van der Waals surface area contributed by atoms with Crippen LogP contribution in [-0.2, 0) is 21.8 Å². The molecule has 3 heterocycles. The second-order valence-corrected chi connectivity index (χ2v) is 12.6. The number of carbonyl (C=O) groups excluding carboxylic acids is 2. The second-order valence-electron chi connectivity index (χ2n) is 9.56. The summed E-state index contributed by atoms with van der Waals surface area (Å²) in [5.41, 5.74) is 2.43. The van der Waals surface area contributed by atoms with Crippen molar-refractivity contribution in [1.82, 2.24) is 10.2 Å². The van der Waals surface area contributed by atoms with Gasteiger partial charge < -0.3 is 9.84 Å². The number of amides is 1. The molecule has 2 aliphatic heterocycles. The van der Waals surface area contributed by atoms with Crippen LogP contribution in [0, 0.1) is 5.82 Å². The molecule has 1 amide bonds. The maximum atomic E-state index is 13.5. The van der Waals surface area contributed by atoms with E-state index in [-0.39, 0.29) is 33.4 Å². The number of benzene rings is 3. The number of ketones is 1. The van der Waals surface area contributed by atoms with Crippen molar-refractivity contribution in [2.24, 2.45) is 0 Å². The van der Waals surface area contributed by atoms with E-state index in [2.05, 4.69) is 10.2 Å². The highest BCUT2D eigenvalue weighted by Gasteiger charge is 2.49. The van der Waals surface area contributed by atoms with Crippen molar-refractivity contribution < 1.29 is 23.8 Å². The quantitative estimate of drug-likeness (QED) is 0.0792. The fraction of sp³-hybridized carbons (Fsp3) is 0.172. The van der Waals surface area contributed by atoms with Crippen molar-refractivity contribution in [3.63, 3.8) is 0 Å². The third kappa shape index (κ3) is 5.32. The van der Waals surface area contributed by atoms with Gasteiger partial charge in [0.25, 0.3) is 5.78 Å². The molecule has 2 atom stereocenters. The lowest BCUT2D eigenvalue weighted by Crippen LogP contribution is -2.29. The average molecular weight is 629 g/mol. The van der Waals surface area contributed by atoms with E-state index in [0.717, 1.165) is 22.5 Å². The van der Waals surface area contributed by atoms with E-state index >= 15 is 0 Å². The molecular formula is C29H20Cl2FN3O4S2. The molecular weight excluding hydrogens is 608 g/mol. The normalized spacial score (nSPS) is 19.5. The summed E-state index contributed by atoms with van der Waals surface area (Å²) in [5, 5.41) is 20.6. The van der Waals surface area contributed by atoms with Gasteiger partial charge in [0.2, 0.25) is 5.13 Å². The number of aromatic nitrogens is 2. The summed E-state index contributed by atoms with van der Waals surface area (Å²) in [6.07, 6.45) is 0.647. The third-order valence-corrected chi connectivity index (χ3v) is 9.44. The van der Waals surface area contributed by atoms with E-state index in [1.54, 1.807) is 42.5 Å². The predicted molar refractivity (Wildman–Crippen MR) is 157 cm³/mol. The number of rotatable bonds is 6. The summed E-state index contributed by atoms with van der Waals surface area (Å²) in [4.78, 5) is 28.2. The molecule has 41 heavy (non-hydrogen) atoms. The van der Waals surface area contributed by atoms with Crippen LogP contribution in [0.15, 0.2) is 70.6 Å². The number of Topliss-reactive ketones (excluding diaryl/α,β-unsaturated/α-hetero) is 1. The molecule has 0 radical (unpaired) electrons. The number of nitrogens with zero attached hydrogens (tertiary/aromatic N) is 3. The van der Waals surface area contributed by atoms with Gasteiger partial charge in [-0.15, -0.1) is 10.2 Å². The van der Waals surface area contributed by atoms with E-state index in [1.807, 2.05) is 6.92 Å². The number of aliphatic hydroxyl groups excluding tert-OH is 1. The lowest BCUT2D eigenvalue weighted by Gasteiger charge is -2.23. The van der Waals surface area contributed by atoms with Crippen LogP contribution >= 0.6 is 46.3 Å². The number of halogens is 3. The molecule has 0 bridgehead atoms. The lowest BCUT2D eigenvalue weighted by molar-refractivity contribution is -0.132. The average Bonchev–Trinajstić information content (AvgIpc) is 3.63. The van der Waals surface area contributed by atoms with Crippen LogP contribution in [0.3, 0.4) is 0 Å². The van der Waals surface area contributed by atoms with Gasteiger partial charge in [-0.3, -0.25) is 14.5 Å². The maximum Gasteiger partial charge on any atom is 0.301 e. The van der Waals surface area contributed by atoms with Gasteiger partial charge in [0.15, 0.2) is 4.34 Å². The minimum Gasteiger partial charge on any atom is -0.507 e. The van der Waals surface area contributed by atoms with E-state index in [1.165, 1.54) is 34.9 Å². The van der Waals surface area contributed by atoms with Gasteiger partial charge >= 0.3 is 5.91 Å². The Kier molecular flexibility index (Phi) is 7.50. The first-order valence-corrected chi connectivity index (χ1v) is 15.0. The van der Waals surface area contributed by atoms with Crippen molar-refractivity contribution in [1.29, 1.82) is 0 Å². The van der Waals surface area contributed by atoms with Crippen LogP contribution in [0.5, 0.6) is 5.75 Å². The van der Waals surface area contributed by atoms with Crippen molar-refractivity contribution in [2.75, 3.05) is 4.90 Å². The van der Waals surface area contributed by atoms with Crippen LogP contribution < -0.4 is 9.64 Å². The Balaban J connectivity index is 1.40. The lowest BCUT2D eigenvalue weighted by atomic mass is 9.94. The molecule has 6 rings (SSSR count). The molecule has 12 heteroatoms. The maximum absolute atomic E-state index is 13.5. The highest BCUT2D eigenvalue weighted by molar-refractivity contribution is 8.00. The van der Waals surface area contributed by atoms with Gasteiger partial charge in [-0.1, -0.05) is 64.5 Å². The fourth-order valence-electron chi connectivity index (χ4n) is 4.86. The number of fused-ring (bicyclic) bond motifs is 1. The van der Waals surface area contributed by atoms with Gasteiger partial charge in [0.05, 0.1) is 11.6 Å². The number of hydrogen-bond donors (Lipinski definition) is 1. The molecule has 3 aromatic carbocycles. The summed E-state index contributed by atoms with van der Waals surface area (Å²) < 4.78 is 19.6. The Morgan fingerprint density at radius 2 is 1.90 bits per heavy atom. The van der Waals surface area contributed by atoms with Crippen molar-refractivity contribution in [2.45, 2.75) is 35.6 Å². The summed E-state index contributed by atoms with van der Waals surface area (Å²) in [6.45, 7) is 1.95. The molecule has 1 N–H and O–H groups in total. The van der Waals surface area contributed by atoms with E-state index < -0.39 is 17.7 Å². The summed E-state index contributed by atoms with van der Waals surface area (Å²) in [7, 11) is 0. The highest BCUT2D eigenvalue weighted by atomic mass is 35.5. The number of hydrogen-bond acceptors (Lipinski definition) is 8. The van der Waals surface area contributed by atoms with Crippen LogP contribution in [0.4, 0.5) is 9.52 Å². The van der Waals surface area contributed by atoms with Crippen LogP contribution in [-0.4, -0.2) is 33.1 Å². The van der Waals surface area contributed by atoms with Gasteiger partial charge in [-0.05, 0) is 66.1 Å². The van der Waals surface area contributed by atoms with E-state index in [0.29, 0.717) is 38.4 Å². The Morgan fingerprint density at radius 3 is 2.66 bits per heavy atom. The molecule has 208 valence electrons. The van der Waals surface area contributed by atoms with Crippen LogP contribution in [0.1, 0.15) is 35.2 Å². The number of ether oxygens (including phenoxy) is 1. The van der Waals surface area contributed by atoms with Gasteiger partial charge in [-0.25, -0.2) is 4.39 Å². The smallest absolute Gasteiger partial charge is 0.301 e. The van der Waals surface area contributed by atoms with Gasteiger partial charge in [-0.2, -0.15) is 0 Å². The van der Waals surface area contributed by atoms with Crippen LogP contribution in [0.2, 0.25) is 10.0 Å². The van der Waals surface area contributed by atoms with Gasteiger partial charge in [0, 0.05) is 27.8 Å². The first kappa shape index (κ1) is 27.7. The molecule has 1 fully saturated rings. The third-order valence-electron chi connectivity index (χ3n) is 6.75. The molecule has 1 saturated heterocycles. The summed E-state index contributed by atoms with van der Waals surface area (Å²) in [6, 6.07) is 14.9. The Morgan fingerprint density at radius 1 is 1.12 bits per heavy atom. The molecule has 4 aromatic rings. The van der Waals surface area contributed by atoms with Crippen molar-refractivity contribution >= 4 is 68.9 Å². The summed E-state index contributed by atoms with van der Waals surface area (Å²) >= 11 is 15.2. The minimum atomic E-state index is -1.08. The molecule has 1 aromatic heterocycles. The number of anilines is 1. The standard InChI is InChI=1S/C29H20Cl2FN3O4S2/c1-14-10-17-11-16(4-9-22(17)39-14)25(36)23-24(20-8-5-18(30)12-21(20)31)35(27(38)26(23)37)28-33-34-29(41-28)40-13-15-2-6-19(32)7-3-15/h2-9,11-12,14,24,36H,10,13H2,1H3/b25-23+. The first-order chi connectivity index (χ1) is 19.7. The topological polar surface area (TPSA) is 92.6 Å². The molecule has 7 nitrogen and oxygen atoms in total. The molecule has 2 aliphatic rings. The zero-order chi connectivity index (χ0) is 28.8. The Hall–Kier alpha value is -3.44. The Bertz CT molecular complexity index is 1730. The largest absolute Gasteiger partial charge is 0.507 e. The minimum absolute atomic E-state index is 0.00613. The molecule has 2 unspecified atom stereocenters. The van der Waals surface area contributed by atoms with Gasteiger partial charge in [0.1, 0.15) is 23.4 Å². The second kappa shape index (κ2) is 11.1. The molecule has 0 aliphatic carbocycles. The van der Waals surface area contributed by atoms with Crippen molar-refractivity contribution in [3.8, 4) is 5.75 Å². The molecule has 0 saturated carbocycles. The SMILES string of the molecule is CC1Cc2cc(/C(O)=C3\C(=O)C(=O)N(c4nnc(SCc5ccc(F)cc5)s4)C3c3ccc(Cl)cc3Cl)ccc2O1.